The van der Waals surface area contributed by atoms with Gasteiger partial charge in [-0.15, -0.1) is 0 Å². The number of nitrogens with zero attached hydrogens (tertiary/aromatic N) is 4. The minimum Gasteiger partial charge on any atom is -0.478 e. The lowest BCUT2D eigenvalue weighted by molar-refractivity contribution is -0.385. The fourth-order valence-corrected chi connectivity index (χ4v) is 2.65. The van der Waals surface area contributed by atoms with Gasteiger partial charge in [0.05, 0.1) is 10.5 Å². The molecule has 0 amide bonds. The molecule has 2 aromatic carbocycles. The zero-order chi connectivity index (χ0) is 20.3. The molecule has 1 aromatic heterocycles. The maximum atomic E-state index is 11.6. The SMILES string of the molecule is Cc1nc(Nc2ccc(C(=O)O)cc2)nc(N(C)c2ccccc2)c1[N+](=O)[O-]. The van der Waals surface area contributed by atoms with Gasteiger partial charge in [-0.2, -0.15) is 4.98 Å². The summed E-state index contributed by atoms with van der Waals surface area (Å²) in [6.07, 6.45) is 0. The molecule has 3 rings (SSSR count). The molecule has 0 atom stereocenters. The van der Waals surface area contributed by atoms with Gasteiger partial charge in [0.15, 0.2) is 0 Å². The first-order valence-corrected chi connectivity index (χ1v) is 8.29. The molecule has 0 bridgehead atoms. The first-order chi connectivity index (χ1) is 13.4. The maximum Gasteiger partial charge on any atom is 0.335 e. The van der Waals surface area contributed by atoms with Crippen molar-refractivity contribution in [2.75, 3.05) is 17.3 Å². The van der Waals surface area contributed by atoms with Crippen molar-refractivity contribution in [3.05, 3.63) is 76.0 Å². The van der Waals surface area contributed by atoms with E-state index in [9.17, 15) is 14.9 Å². The summed E-state index contributed by atoms with van der Waals surface area (Å²) in [6.45, 7) is 1.54. The summed E-state index contributed by atoms with van der Waals surface area (Å²) >= 11 is 0. The molecule has 0 fully saturated rings. The minimum absolute atomic E-state index is 0.147. The van der Waals surface area contributed by atoms with Crippen molar-refractivity contribution < 1.29 is 14.8 Å². The number of carbonyl (C=O) groups is 1. The highest BCUT2D eigenvalue weighted by Crippen LogP contribution is 2.33. The van der Waals surface area contributed by atoms with Crippen LogP contribution in [0.5, 0.6) is 0 Å². The summed E-state index contributed by atoms with van der Waals surface area (Å²) in [4.78, 5) is 32.1. The monoisotopic (exact) mass is 379 g/mol. The first-order valence-electron chi connectivity index (χ1n) is 8.29. The van der Waals surface area contributed by atoms with Gasteiger partial charge < -0.3 is 15.3 Å². The Balaban J connectivity index is 2.00. The first kappa shape index (κ1) is 18.8. The van der Waals surface area contributed by atoms with Crippen LogP contribution in [0.1, 0.15) is 16.1 Å². The van der Waals surface area contributed by atoms with Crippen molar-refractivity contribution in [1.82, 2.24) is 9.97 Å². The lowest BCUT2D eigenvalue weighted by atomic mass is 10.2. The number of hydrogen-bond donors (Lipinski definition) is 2. The van der Waals surface area contributed by atoms with E-state index in [4.69, 9.17) is 5.11 Å². The number of aromatic nitrogens is 2. The van der Waals surface area contributed by atoms with Crippen molar-refractivity contribution in [3.8, 4) is 0 Å². The van der Waals surface area contributed by atoms with Crippen LogP contribution in [0.4, 0.5) is 28.8 Å². The molecular weight excluding hydrogens is 362 g/mol. The number of para-hydroxylation sites is 1. The summed E-state index contributed by atoms with van der Waals surface area (Å²) in [5, 5.41) is 23.5. The number of benzene rings is 2. The van der Waals surface area contributed by atoms with Crippen molar-refractivity contribution in [3.63, 3.8) is 0 Å². The predicted molar refractivity (Wildman–Crippen MR) is 105 cm³/mol. The molecule has 3 aromatic rings. The van der Waals surface area contributed by atoms with Gasteiger partial charge in [-0.3, -0.25) is 10.1 Å². The molecule has 0 aliphatic carbocycles. The van der Waals surface area contributed by atoms with Crippen LogP contribution in [-0.4, -0.2) is 33.0 Å². The smallest absolute Gasteiger partial charge is 0.335 e. The van der Waals surface area contributed by atoms with Crippen LogP contribution in [0, 0.1) is 17.0 Å². The molecule has 28 heavy (non-hydrogen) atoms. The number of rotatable bonds is 6. The quantitative estimate of drug-likeness (QED) is 0.488. The maximum absolute atomic E-state index is 11.6. The van der Waals surface area contributed by atoms with E-state index in [-0.39, 0.29) is 28.7 Å². The zero-order valence-electron chi connectivity index (χ0n) is 15.2. The van der Waals surface area contributed by atoms with E-state index >= 15 is 0 Å². The van der Waals surface area contributed by atoms with Crippen LogP contribution in [0.15, 0.2) is 54.6 Å². The van der Waals surface area contributed by atoms with Gasteiger partial charge in [-0.25, -0.2) is 9.78 Å². The molecule has 142 valence electrons. The topological polar surface area (TPSA) is 121 Å². The lowest BCUT2D eigenvalue weighted by Gasteiger charge is -2.19. The third kappa shape index (κ3) is 3.88. The van der Waals surface area contributed by atoms with E-state index in [1.165, 1.54) is 12.1 Å². The normalized spacial score (nSPS) is 10.4. The van der Waals surface area contributed by atoms with Gasteiger partial charge in [0.2, 0.25) is 11.8 Å². The number of nitro groups is 1. The molecule has 0 spiro atoms. The predicted octanol–water partition coefficient (Wildman–Crippen LogP) is 3.90. The molecule has 0 aliphatic heterocycles. The number of anilines is 4. The van der Waals surface area contributed by atoms with Crippen LogP contribution in [-0.2, 0) is 0 Å². The van der Waals surface area contributed by atoms with Crippen LogP contribution >= 0.6 is 0 Å². The highest BCUT2D eigenvalue weighted by atomic mass is 16.6. The Bertz CT molecular complexity index is 1020. The molecule has 9 heteroatoms. The van der Waals surface area contributed by atoms with Gasteiger partial charge in [0.1, 0.15) is 5.69 Å². The van der Waals surface area contributed by atoms with E-state index in [1.807, 2.05) is 30.3 Å². The highest BCUT2D eigenvalue weighted by Gasteiger charge is 2.25. The average molecular weight is 379 g/mol. The standard InChI is InChI=1S/C19H17N5O4/c1-12-16(24(27)28)17(23(2)15-6-4-3-5-7-15)22-19(20-12)21-14-10-8-13(9-11-14)18(25)26/h3-11H,1-2H3,(H,25,26)(H,20,21,22). The fraction of sp³-hybridized carbons (Fsp3) is 0.105. The lowest BCUT2D eigenvalue weighted by Crippen LogP contribution is -2.16. The van der Waals surface area contributed by atoms with E-state index in [1.54, 1.807) is 31.0 Å². The molecule has 0 aliphatic rings. The Morgan fingerprint density at radius 3 is 2.32 bits per heavy atom. The second kappa shape index (κ2) is 7.70. The number of aromatic carboxylic acids is 1. The number of carboxylic acid groups (broad SMARTS) is 1. The average Bonchev–Trinajstić information content (AvgIpc) is 2.67. The number of nitrogens with one attached hydrogen (secondary N) is 1. The molecule has 0 unspecified atom stereocenters. The zero-order valence-corrected chi connectivity index (χ0v) is 15.2. The van der Waals surface area contributed by atoms with Gasteiger partial charge in [-0.05, 0) is 43.3 Å². The van der Waals surface area contributed by atoms with E-state index in [2.05, 4.69) is 15.3 Å². The van der Waals surface area contributed by atoms with Gasteiger partial charge >= 0.3 is 11.7 Å². The van der Waals surface area contributed by atoms with Crippen LogP contribution in [0.25, 0.3) is 0 Å². The van der Waals surface area contributed by atoms with Crippen LogP contribution < -0.4 is 10.2 Å². The molecule has 0 saturated heterocycles. The Labute approximate surface area is 160 Å². The summed E-state index contributed by atoms with van der Waals surface area (Å²) in [6, 6.07) is 15.2. The molecule has 2 N–H and O–H groups in total. The third-order valence-corrected chi connectivity index (χ3v) is 4.07. The minimum atomic E-state index is -1.03. The Kier molecular flexibility index (Phi) is 5.16. The van der Waals surface area contributed by atoms with Gasteiger partial charge in [-0.1, -0.05) is 18.2 Å². The molecule has 0 saturated carbocycles. The van der Waals surface area contributed by atoms with Gasteiger partial charge in [0, 0.05) is 18.4 Å². The van der Waals surface area contributed by atoms with E-state index in [0.717, 1.165) is 5.69 Å². The molecule has 9 nitrogen and oxygen atoms in total. The number of carboxylic acids is 1. The van der Waals surface area contributed by atoms with Crippen molar-refractivity contribution >= 4 is 34.8 Å². The van der Waals surface area contributed by atoms with E-state index in [0.29, 0.717) is 5.69 Å². The molecule has 1 heterocycles. The van der Waals surface area contributed by atoms with Crippen molar-refractivity contribution in [1.29, 1.82) is 0 Å². The number of aryl methyl sites for hydroxylation is 1. The van der Waals surface area contributed by atoms with E-state index < -0.39 is 10.9 Å². The second-order valence-electron chi connectivity index (χ2n) is 5.96. The van der Waals surface area contributed by atoms with Crippen LogP contribution in [0.3, 0.4) is 0 Å². The summed E-state index contributed by atoms with van der Waals surface area (Å²) in [5.74, 6) is -0.710. The molecule has 0 radical (unpaired) electrons. The van der Waals surface area contributed by atoms with Crippen molar-refractivity contribution in [2.45, 2.75) is 6.92 Å². The highest BCUT2D eigenvalue weighted by molar-refractivity contribution is 5.88. The Hall–Kier alpha value is -4.01. The summed E-state index contributed by atoms with van der Waals surface area (Å²) < 4.78 is 0. The third-order valence-electron chi connectivity index (χ3n) is 4.07. The Morgan fingerprint density at radius 1 is 1.11 bits per heavy atom. The summed E-state index contributed by atoms with van der Waals surface area (Å²) in [7, 11) is 1.69. The summed E-state index contributed by atoms with van der Waals surface area (Å²) in [5.41, 5.74) is 1.48. The molecular formula is C19H17N5O4. The fourth-order valence-electron chi connectivity index (χ4n) is 2.65. The van der Waals surface area contributed by atoms with Crippen LogP contribution in [0.2, 0.25) is 0 Å². The second-order valence-corrected chi connectivity index (χ2v) is 5.96. The van der Waals surface area contributed by atoms with Crippen molar-refractivity contribution in [2.24, 2.45) is 0 Å². The number of hydrogen-bond acceptors (Lipinski definition) is 7. The largest absolute Gasteiger partial charge is 0.478 e. The van der Waals surface area contributed by atoms with Gasteiger partial charge in [0.25, 0.3) is 0 Å². The Morgan fingerprint density at radius 2 is 1.75 bits per heavy atom.